The number of aliphatic imine (C=N–C) groups is 1. The molecule has 0 aliphatic carbocycles. The predicted molar refractivity (Wildman–Crippen MR) is 117 cm³/mol. The van der Waals surface area contributed by atoms with Gasteiger partial charge in [-0.2, -0.15) is 0 Å². The number of anilines is 1. The topological polar surface area (TPSA) is 73.0 Å². The van der Waals surface area contributed by atoms with Crippen molar-refractivity contribution in [3.63, 3.8) is 0 Å². The predicted octanol–water partition coefficient (Wildman–Crippen LogP) is 2.06. The van der Waals surface area contributed by atoms with E-state index in [9.17, 15) is 0 Å². The summed E-state index contributed by atoms with van der Waals surface area (Å²) in [4.78, 5) is 16.9. The van der Waals surface area contributed by atoms with Crippen molar-refractivity contribution < 1.29 is 4.52 Å². The minimum atomic E-state index is 0.769. The second-order valence-electron chi connectivity index (χ2n) is 7.56. The van der Waals surface area contributed by atoms with E-state index in [0.29, 0.717) is 0 Å². The number of hydrogen-bond donors (Lipinski definition) is 1. The van der Waals surface area contributed by atoms with E-state index >= 15 is 0 Å². The Morgan fingerprint density at radius 2 is 2.00 bits per heavy atom. The molecule has 2 aromatic rings. The number of thiazole rings is 1. The summed E-state index contributed by atoms with van der Waals surface area (Å²) < 4.78 is 4.94. The van der Waals surface area contributed by atoms with Gasteiger partial charge in [-0.15, -0.1) is 11.3 Å². The van der Waals surface area contributed by atoms with E-state index in [-0.39, 0.29) is 0 Å². The Bertz CT molecular complexity index is 762. The molecule has 2 aliphatic heterocycles. The number of nitrogens with zero attached hydrogens (tertiary/aromatic N) is 6. The number of guanidine groups is 1. The second-order valence-corrected chi connectivity index (χ2v) is 8.39. The fourth-order valence-electron chi connectivity index (χ4n) is 3.83. The van der Waals surface area contributed by atoms with Crippen molar-refractivity contribution >= 4 is 22.4 Å². The summed E-state index contributed by atoms with van der Waals surface area (Å²) in [6, 6.07) is 1.94. The van der Waals surface area contributed by atoms with Crippen LogP contribution in [0.4, 0.5) is 5.13 Å². The molecule has 29 heavy (non-hydrogen) atoms. The van der Waals surface area contributed by atoms with Gasteiger partial charge < -0.3 is 19.6 Å². The lowest BCUT2D eigenvalue weighted by atomic mass is 10.3. The third kappa shape index (κ3) is 5.48. The molecule has 0 unspecified atom stereocenters. The van der Waals surface area contributed by atoms with Crippen LogP contribution in [0, 0.1) is 0 Å². The first-order valence-electron chi connectivity index (χ1n) is 10.7. The fraction of sp³-hybridized carbons (Fsp3) is 0.650. The van der Waals surface area contributed by atoms with Crippen LogP contribution in [0.3, 0.4) is 0 Å². The largest absolute Gasteiger partial charge is 0.364 e. The summed E-state index contributed by atoms with van der Waals surface area (Å²) in [5, 5.41) is 10.8. The highest BCUT2D eigenvalue weighted by Crippen LogP contribution is 2.24. The molecule has 0 saturated carbocycles. The second kappa shape index (κ2) is 10.1. The van der Waals surface area contributed by atoms with Gasteiger partial charge in [0.2, 0.25) is 0 Å². The zero-order chi connectivity index (χ0) is 19.9. The maximum atomic E-state index is 4.94. The monoisotopic (exact) mass is 417 g/mol. The van der Waals surface area contributed by atoms with Gasteiger partial charge in [0.25, 0.3) is 0 Å². The van der Waals surface area contributed by atoms with E-state index in [4.69, 9.17) is 14.5 Å². The molecule has 0 radical (unpaired) electrons. The van der Waals surface area contributed by atoms with Gasteiger partial charge in [-0.1, -0.05) is 5.16 Å². The third-order valence-electron chi connectivity index (χ3n) is 5.43. The highest BCUT2D eigenvalue weighted by molar-refractivity contribution is 7.13. The Labute approximate surface area is 176 Å². The van der Waals surface area contributed by atoms with Crippen molar-refractivity contribution in [3.05, 3.63) is 29.1 Å². The molecule has 8 nitrogen and oxygen atoms in total. The van der Waals surface area contributed by atoms with Crippen LogP contribution < -0.4 is 10.2 Å². The lowest BCUT2D eigenvalue weighted by Gasteiger charge is -2.36. The van der Waals surface area contributed by atoms with Crippen LogP contribution in [0.5, 0.6) is 0 Å². The Morgan fingerprint density at radius 3 is 2.72 bits per heavy atom. The van der Waals surface area contributed by atoms with E-state index in [1.54, 1.807) is 17.6 Å². The molecule has 0 bridgehead atoms. The van der Waals surface area contributed by atoms with Crippen LogP contribution in [-0.4, -0.2) is 78.3 Å². The summed E-state index contributed by atoms with van der Waals surface area (Å²) in [5.41, 5.74) is 2.16. The zero-order valence-electron chi connectivity index (χ0n) is 17.2. The van der Waals surface area contributed by atoms with Crippen molar-refractivity contribution in [2.45, 2.75) is 32.7 Å². The Balaban J connectivity index is 1.26. The fourth-order valence-corrected chi connectivity index (χ4v) is 4.75. The molecule has 2 fully saturated rings. The van der Waals surface area contributed by atoms with Crippen LogP contribution in [0.25, 0.3) is 0 Å². The van der Waals surface area contributed by atoms with Gasteiger partial charge in [0.15, 0.2) is 11.1 Å². The zero-order valence-corrected chi connectivity index (χ0v) is 18.0. The Kier molecular flexibility index (Phi) is 7.00. The van der Waals surface area contributed by atoms with E-state index in [0.717, 1.165) is 82.7 Å². The molecule has 0 atom stereocenters. The van der Waals surface area contributed by atoms with E-state index < -0.39 is 0 Å². The van der Waals surface area contributed by atoms with Crippen molar-refractivity contribution in [3.8, 4) is 0 Å². The number of piperazine rings is 1. The summed E-state index contributed by atoms with van der Waals surface area (Å²) >= 11 is 1.77. The number of aromatic nitrogens is 2. The van der Waals surface area contributed by atoms with Gasteiger partial charge in [-0.05, 0) is 19.8 Å². The standard InChI is InChI=1S/C20H31N7OS/c1-2-21-19(26-12-10-25(11-13-26)15-17-6-14-28-24-17)22-7-5-18-16-29-20(23-18)27-8-3-4-9-27/h6,14,16H,2-5,7-13,15H2,1H3,(H,21,22). The average molecular weight is 418 g/mol. The highest BCUT2D eigenvalue weighted by atomic mass is 32.1. The quantitative estimate of drug-likeness (QED) is 0.546. The molecule has 0 amide bonds. The van der Waals surface area contributed by atoms with E-state index in [1.165, 1.54) is 18.0 Å². The molecule has 0 spiro atoms. The van der Waals surface area contributed by atoms with Crippen LogP contribution in [0.1, 0.15) is 31.2 Å². The molecule has 2 aromatic heterocycles. The summed E-state index contributed by atoms with van der Waals surface area (Å²) in [7, 11) is 0. The first-order chi connectivity index (χ1) is 14.3. The highest BCUT2D eigenvalue weighted by Gasteiger charge is 2.20. The normalized spacial score (nSPS) is 18.6. The Morgan fingerprint density at radius 1 is 1.17 bits per heavy atom. The minimum absolute atomic E-state index is 0.769. The van der Waals surface area contributed by atoms with Gasteiger partial charge in [0.05, 0.1) is 11.4 Å². The van der Waals surface area contributed by atoms with Gasteiger partial charge in [-0.25, -0.2) is 4.98 Å². The first-order valence-corrected chi connectivity index (χ1v) is 11.5. The number of nitrogens with one attached hydrogen (secondary N) is 1. The SMILES string of the molecule is CCNC(=NCCc1csc(N2CCCC2)n1)N1CCN(Cc2ccon2)CC1. The average Bonchev–Trinajstić information content (AvgIpc) is 3.50. The van der Waals surface area contributed by atoms with Crippen LogP contribution >= 0.6 is 11.3 Å². The molecule has 2 aliphatic rings. The smallest absolute Gasteiger partial charge is 0.194 e. The molecule has 4 heterocycles. The summed E-state index contributed by atoms with van der Waals surface area (Å²) in [6.07, 6.45) is 5.11. The third-order valence-corrected chi connectivity index (χ3v) is 6.38. The lowest BCUT2D eigenvalue weighted by Crippen LogP contribution is -2.52. The van der Waals surface area contributed by atoms with Crippen molar-refractivity contribution in [1.82, 2.24) is 25.3 Å². The van der Waals surface area contributed by atoms with Gasteiger partial charge >= 0.3 is 0 Å². The molecule has 9 heteroatoms. The van der Waals surface area contributed by atoms with Crippen LogP contribution in [-0.2, 0) is 13.0 Å². The maximum absolute atomic E-state index is 4.94. The van der Waals surface area contributed by atoms with Crippen LogP contribution in [0.15, 0.2) is 27.2 Å². The molecule has 4 rings (SSSR count). The van der Waals surface area contributed by atoms with Crippen molar-refractivity contribution in [1.29, 1.82) is 0 Å². The Hall–Kier alpha value is -2.13. The van der Waals surface area contributed by atoms with E-state index in [1.807, 2.05) is 6.07 Å². The molecule has 1 N–H and O–H groups in total. The molecular formula is C20H31N7OS. The molecule has 2 saturated heterocycles. The summed E-state index contributed by atoms with van der Waals surface area (Å²) in [6.45, 7) is 10.9. The van der Waals surface area contributed by atoms with Gasteiger partial charge in [-0.3, -0.25) is 9.89 Å². The molecule has 158 valence electrons. The van der Waals surface area contributed by atoms with Crippen molar-refractivity contribution in [2.24, 2.45) is 4.99 Å². The van der Waals surface area contributed by atoms with Crippen LogP contribution in [0.2, 0.25) is 0 Å². The number of hydrogen-bond acceptors (Lipinski definition) is 7. The van der Waals surface area contributed by atoms with Crippen molar-refractivity contribution in [2.75, 3.05) is 57.3 Å². The summed E-state index contributed by atoms with van der Waals surface area (Å²) in [5.74, 6) is 1.02. The minimum Gasteiger partial charge on any atom is -0.364 e. The molecule has 0 aromatic carbocycles. The van der Waals surface area contributed by atoms with E-state index in [2.05, 4.69) is 37.5 Å². The van der Waals surface area contributed by atoms with Gasteiger partial charge in [0.1, 0.15) is 6.26 Å². The maximum Gasteiger partial charge on any atom is 0.194 e. The lowest BCUT2D eigenvalue weighted by molar-refractivity contribution is 0.169. The molecular weight excluding hydrogens is 386 g/mol. The first kappa shape index (κ1) is 20.2. The number of rotatable bonds is 7. The van der Waals surface area contributed by atoms with Gasteiger partial charge in [0, 0.05) is 76.8 Å².